The minimum atomic E-state index is 0.0408. The Morgan fingerprint density at radius 1 is 1.44 bits per heavy atom. The Balaban J connectivity index is 2.24. The van der Waals surface area contributed by atoms with Crippen LogP contribution >= 0.6 is 0 Å². The summed E-state index contributed by atoms with van der Waals surface area (Å²) in [6, 6.07) is 0.0408. The molecule has 92 valence electrons. The van der Waals surface area contributed by atoms with Gasteiger partial charge in [-0.1, -0.05) is 13.8 Å². The molecule has 0 radical (unpaired) electrons. The average Bonchev–Trinajstić information content (AvgIpc) is 2.65. The van der Waals surface area contributed by atoms with E-state index in [9.17, 15) is 0 Å². The van der Waals surface area contributed by atoms with E-state index in [-0.39, 0.29) is 6.04 Å². The van der Waals surface area contributed by atoms with Crippen LogP contribution in [0.1, 0.15) is 38.9 Å². The summed E-state index contributed by atoms with van der Waals surface area (Å²) in [7, 11) is 0. The molecule has 0 unspecified atom stereocenters. The highest BCUT2D eigenvalue weighted by Gasteiger charge is 2.05. The third-order valence-corrected chi connectivity index (χ3v) is 2.35. The lowest BCUT2D eigenvalue weighted by Gasteiger charge is -2.11. The molecule has 16 heavy (non-hydrogen) atoms. The van der Waals surface area contributed by atoms with Crippen molar-refractivity contribution in [3.63, 3.8) is 0 Å². The highest BCUT2D eigenvalue weighted by atomic mass is 16.5. The first-order valence-electron chi connectivity index (χ1n) is 5.94. The summed E-state index contributed by atoms with van der Waals surface area (Å²) in [6.45, 7) is 8.85. The summed E-state index contributed by atoms with van der Waals surface area (Å²) in [6.07, 6.45) is 4.67. The van der Waals surface area contributed by atoms with E-state index in [0.29, 0.717) is 5.92 Å². The molecule has 2 N–H and O–H groups in total. The second kappa shape index (κ2) is 6.66. The first-order chi connectivity index (χ1) is 7.61. The Morgan fingerprint density at radius 2 is 2.19 bits per heavy atom. The normalized spacial score (nSPS) is 13.3. The summed E-state index contributed by atoms with van der Waals surface area (Å²) in [5.74, 6) is 0.605. The predicted octanol–water partition coefficient (Wildman–Crippen LogP) is 1.97. The molecule has 0 saturated heterocycles. The summed E-state index contributed by atoms with van der Waals surface area (Å²) in [5, 5.41) is 0. The molecule has 1 rings (SSSR count). The number of hydrogen-bond acceptors (Lipinski definition) is 3. The van der Waals surface area contributed by atoms with Crippen LogP contribution < -0.4 is 5.73 Å². The molecule has 0 aliphatic carbocycles. The van der Waals surface area contributed by atoms with Gasteiger partial charge in [-0.3, -0.25) is 0 Å². The van der Waals surface area contributed by atoms with Crippen molar-refractivity contribution in [3.05, 3.63) is 18.2 Å². The number of nitrogens with two attached hydrogens (primary N) is 1. The van der Waals surface area contributed by atoms with E-state index in [2.05, 4.69) is 23.4 Å². The molecule has 1 heterocycles. The van der Waals surface area contributed by atoms with Crippen molar-refractivity contribution in [2.45, 2.75) is 39.8 Å². The Hall–Kier alpha value is -0.870. The number of ether oxygens (including phenoxy) is 1. The maximum atomic E-state index is 5.84. The second-order valence-electron chi connectivity index (χ2n) is 4.62. The number of aromatic nitrogens is 2. The van der Waals surface area contributed by atoms with Crippen molar-refractivity contribution in [1.29, 1.82) is 0 Å². The quantitative estimate of drug-likeness (QED) is 0.722. The zero-order chi connectivity index (χ0) is 12.0. The fourth-order valence-electron chi connectivity index (χ4n) is 1.55. The van der Waals surface area contributed by atoms with Gasteiger partial charge in [-0.15, -0.1) is 0 Å². The summed E-state index contributed by atoms with van der Waals surface area (Å²) in [5.41, 5.74) is 6.92. The van der Waals surface area contributed by atoms with Gasteiger partial charge in [-0.05, 0) is 19.3 Å². The number of hydrogen-bond donors (Lipinski definition) is 1. The van der Waals surface area contributed by atoms with Gasteiger partial charge in [0.2, 0.25) is 0 Å². The Labute approximate surface area is 97.8 Å². The van der Waals surface area contributed by atoms with Crippen LogP contribution in [-0.4, -0.2) is 22.8 Å². The monoisotopic (exact) mass is 225 g/mol. The van der Waals surface area contributed by atoms with E-state index in [1.807, 2.05) is 19.4 Å². The zero-order valence-electron chi connectivity index (χ0n) is 10.5. The Kier molecular flexibility index (Phi) is 5.49. The molecule has 0 bridgehead atoms. The topological polar surface area (TPSA) is 53.1 Å². The fraction of sp³-hybridized carbons (Fsp3) is 0.750. The molecule has 0 fully saturated rings. The van der Waals surface area contributed by atoms with Gasteiger partial charge in [-0.25, -0.2) is 4.98 Å². The summed E-state index contributed by atoms with van der Waals surface area (Å²) >= 11 is 0. The van der Waals surface area contributed by atoms with Crippen molar-refractivity contribution in [3.8, 4) is 0 Å². The molecule has 1 aromatic rings. The highest BCUT2D eigenvalue weighted by Crippen LogP contribution is 2.09. The predicted molar refractivity (Wildman–Crippen MR) is 65.1 cm³/mol. The van der Waals surface area contributed by atoms with Crippen molar-refractivity contribution in [2.24, 2.45) is 11.7 Å². The van der Waals surface area contributed by atoms with E-state index in [4.69, 9.17) is 10.5 Å². The largest absolute Gasteiger partial charge is 0.381 e. The highest BCUT2D eigenvalue weighted by molar-refractivity contribution is 5.02. The molecular formula is C12H23N3O. The van der Waals surface area contributed by atoms with Crippen LogP contribution in [0.25, 0.3) is 0 Å². The lowest BCUT2D eigenvalue weighted by molar-refractivity contribution is 0.105. The van der Waals surface area contributed by atoms with Gasteiger partial charge in [0.05, 0.1) is 12.0 Å². The van der Waals surface area contributed by atoms with E-state index in [1.165, 1.54) is 0 Å². The smallest absolute Gasteiger partial charge is 0.0948 e. The second-order valence-corrected chi connectivity index (χ2v) is 4.62. The molecule has 0 saturated carbocycles. The fourth-order valence-corrected chi connectivity index (χ4v) is 1.55. The van der Waals surface area contributed by atoms with Crippen molar-refractivity contribution >= 4 is 0 Å². The van der Waals surface area contributed by atoms with Gasteiger partial charge in [0.15, 0.2) is 0 Å². The van der Waals surface area contributed by atoms with Crippen LogP contribution in [0.4, 0.5) is 0 Å². The minimum absolute atomic E-state index is 0.0408. The number of imidazole rings is 1. The third kappa shape index (κ3) is 4.33. The first kappa shape index (κ1) is 13.2. The summed E-state index contributed by atoms with van der Waals surface area (Å²) in [4.78, 5) is 4.11. The molecule has 4 nitrogen and oxygen atoms in total. The molecule has 1 aromatic heterocycles. The molecular weight excluding hydrogens is 202 g/mol. The van der Waals surface area contributed by atoms with Gasteiger partial charge < -0.3 is 15.0 Å². The van der Waals surface area contributed by atoms with Crippen LogP contribution in [0.2, 0.25) is 0 Å². The van der Waals surface area contributed by atoms with Gasteiger partial charge in [0.25, 0.3) is 0 Å². The van der Waals surface area contributed by atoms with Gasteiger partial charge in [0, 0.05) is 32.0 Å². The lowest BCUT2D eigenvalue weighted by atomic mass is 10.2. The SMILES string of the molecule is CC(C)COCCCn1cncc1[C@@H](C)N. The molecule has 4 heteroatoms. The number of rotatable bonds is 7. The Morgan fingerprint density at radius 3 is 2.81 bits per heavy atom. The lowest BCUT2D eigenvalue weighted by Crippen LogP contribution is -2.13. The van der Waals surface area contributed by atoms with Crippen molar-refractivity contribution < 1.29 is 4.74 Å². The Bertz CT molecular complexity index is 294. The number of aryl methyl sites for hydroxylation is 1. The molecule has 0 aliphatic rings. The van der Waals surface area contributed by atoms with Crippen LogP contribution in [0.5, 0.6) is 0 Å². The van der Waals surface area contributed by atoms with Gasteiger partial charge in [0.1, 0.15) is 0 Å². The van der Waals surface area contributed by atoms with E-state index < -0.39 is 0 Å². The van der Waals surface area contributed by atoms with Crippen LogP contribution in [0.15, 0.2) is 12.5 Å². The average molecular weight is 225 g/mol. The molecule has 0 amide bonds. The van der Waals surface area contributed by atoms with Crippen LogP contribution in [0, 0.1) is 5.92 Å². The minimum Gasteiger partial charge on any atom is -0.381 e. The maximum absolute atomic E-state index is 5.84. The third-order valence-electron chi connectivity index (χ3n) is 2.35. The van der Waals surface area contributed by atoms with Gasteiger partial charge in [-0.2, -0.15) is 0 Å². The van der Waals surface area contributed by atoms with Crippen molar-refractivity contribution in [2.75, 3.05) is 13.2 Å². The van der Waals surface area contributed by atoms with Crippen LogP contribution in [-0.2, 0) is 11.3 Å². The zero-order valence-corrected chi connectivity index (χ0v) is 10.5. The molecule has 0 aromatic carbocycles. The van der Waals surface area contributed by atoms with Crippen LogP contribution in [0.3, 0.4) is 0 Å². The summed E-state index contributed by atoms with van der Waals surface area (Å²) < 4.78 is 7.63. The van der Waals surface area contributed by atoms with Crippen molar-refractivity contribution in [1.82, 2.24) is 9.55 Å². The van der Waals surface area contributed by atoms with E-state index in [0.717, 1.165) is 31.9 Å². The number of nitrogens with zero attached hydrogens (tertiary/aromatic N) is 2. The van der Waals surface area contributed by atoms with E-state index >= 15 is 0 Å². The molecule has 0 spiro atoms. The maximum Gasteiger partial charge on any atom is 0.0948 e. The standard InChI is InChI=1S/C12H23N3O/c1-10(2)8-16-6-4-5-15-9-14-7-12(15)11(3)13/h7,9-11H,4-6,8,13H2,1-3H3/t11-/m1/s1. The van der Waals surface area contributed by atoms with Gasteiger partial charge >= 0.3 is 0 Å². The first-order valence-corrected chi connectivity index (χ1v) is 5.94. The van der Waals surface area contributed by atoms with E-state index in [1.54, 1.807) is 0 Å². The molecule has 0 aliphatic heterocycles. The molecule has 1 atom stereocenters.